The number of hydrogen-bond acceptors (Lipinski definition) is 6. The molecule has 1 aliphatic heterocycles. The molecule has 1 amide bonds. The van der Waals surface area contributed by atoms with Crippen LogP contribution in [0.15, 0.2) is 41.7 Å². The molecule has 1 saturated heterocycles. The van der Waals surface area contributed by atoms with Crippen molar-refractivity contribution in [3.8, 4) is 0 Å². The van der Waals surface area contributed by atoms with Crippen LogP contribution < -0.4 is 0 Å². The van der Waals surface area contributed by atoms with Gasteiger partial charge in [0.05, 0.1) is 37.4 Å². The lowest BCUT2D eigenvalue weighted by atomic mass is 9.91. The van der Waals surface area contributed by atoms with Crippen LogP contribution in [0.4, 0.5) is 0 Å². The standard InChI is InChI=1S/C27H42N4O4S/c1-22(2)19-31-24(18-28-26(31)36(33,34)21-23-9-7-6-8-10-23)20-30(25(32)17-27(3,4)5)12-11-29-13-15-35-16-14-29/h6-10,18,22H,11-17,19-21H2,1-5H3. The highest BCUT2D eigenvalue weighted by atomic mass is 32.2. The van der Waals surface area contributed by atoms with Crippen LogP contribution in [0.25, 0.3) is 0 Å². The second-order valence-electron chi connectivity index (χ2n) is 11.3. The van der Waals surface area contributed by atoms with Gasteiger partial charge in [0.1, 0.15) is 0 Å². The topological polar surface area (TPSA) is 84.7 Å². The number of morpholine rings is 1. The van der Waals surface area contributed by atoms with E-state index in [1.54, 1.807) is 10.8 Å². The number of amides is 1. The molecule has 2 aromatic rings. The zero-order valence-electron chi connectivity index (χ0n) is 22.4. The predicted octanol–water partition coefficient (Wildman–Crippen LogP) is 3.61. The molecule has 0 radical (unpaired) electrons. The average Bonchev–Trinajstić information content (AvgIpc) is 3.19. The molecule has 0 bridgehead atoms. The first-order valence-electron chi connectivity index (χ1n) is 12.8. The molecule has 8 nitrogen and oxygen atoms in total. The Bertz CT molecular complexity index is 1080. The van der Waals surface area contributed by atoms with E-state index in [0.717, 1.165) is 30.9 Å². The number of rotatable bonds is 11. The van der Waals surface area contributed by atoms with Gasteiger partial charge in [-0.25, -0.2) is 13.4 Å². The van der Waals surface area contributed by atoms with E-state index < -0.39 is 9.84 Å². The Hall–Kier alpha value is -2.23. The Morgan fingerprint density at radius 2 is 1.81 bits per heavy atom. The van der Waals surface area contributed by atoms with Crippen molar-refractivity contribution >= 4 is 15.7 Å². The summed E-state index contributed by atoms with van der Waals surface area (Å²) in [7, 11) is -3.66. The molecular weight excluding hydrogens is 476 g/mol. The lowest BCUT2D eigenvalue weighted by Crippen LogP contribution is -2.43. The number of ether oxygens (including phenoxy) is 1. The minimum atomic E-state index is -3.66. The molecule has 0 N–H and O–H groups in total. The molecule has 200 valence electrons. The van der Waals surface area contributed by atoms with E-state index >= 15 is 0 Å². The van der Waals surface area contributed by atoms with E-state index in [1.807, 2.05) is 35.2 Å². The molecule has 0 aliphatic carbocycles. The van der Waals surface area contributed by atoms with Gasteiger partial charge in [-0.1, -0.05) is 65.0 Å². The number of carbonyl (C=O) groups excluding carboxylic acids is 1. The normalized spacial score (nSPS) is 15.4. The van der Waals surface area contributed by atoms with Crippen molar-refractivity contribution in [2.45, 2.75) is 65.0 Å². The summed E-state index contributed by atoms with van der Waals surface area (Å²) in [5, 5.41) is 0.0754. The van der Waals surface area contributed by atoms with Gasteiger partial charge in [-0.2, -0.15) is 0 Å². The highest BCUT2D eigenvalue weighted by Gasteiger charge is 2.27. The van der Waals surface area contributed by atoms with E-state index in [9.17, 15) is 13.2 Å². The third-order valence-electron chi connectivity index (χ3n) is 6.10. The zero-order chi connectivity index (χ0) is 26.3. The van der Waals surface area contributed by atoms with Gasteiger partial charge in [0, 0.05) is 39.1 Å². The van der Waals surface area contributed by atoms with Crippen molar-refractivity contribution in [3.05, 3.63) is 47.8 Å². The van der Waals surface area contributed by atoms with Gasteiger partial charge < -0.3 is 14.2 Å². The molecule has 36 heavy (non-hydrogen) atoms. The summed E-state index contributed by atoms with van der Waals surface area (Å²) in [5.41, 5.74) is 1.33. The number of hydrogen-bond donors (Lipinski definition) is 0. The summed E-state index contributed by atoms with van der Waals surface area (Å²) in [5.74, 6) is 0.184. The van der Waals surface area contributed by atoms with Crippen LogP contribution in [0.1, 0.15) is 52.3 Å². The summed E-state index contributed by atoms with van der Waals surface area (Å²) in [6.45, 7) is 15.6. The van der Waals surface area contributed by atoms with Gasteiger partial charge in [0.2, 0.25) is 20.9 Å². The summed E-state index contributed by atoms with van der Waals surface area (Å²) < 4.78 is 34.0. The number of aromatic nitrogens is 2. The van der Waals surface area contributed by atoms with E-state index in [1.165, 1.54) is 0 Å². The zero-order valence-corrected chi connectivity index (χ0v) is 23.3. The van der Waals surface area contributed by atoms with Crippen LogP contribution in [0.3, 0.4) is 0 Å². The van der Waals surface area contributed by atoms with Crippen molar-refractivity contribution in [2.24, 2.45) is 11.3 Å². The minimum Gasteiger partial charge on any atom is -0.379 e. The molecule has 9 heteroatoms. The average molecular weight is 519 g/mol. The second kappa shape index (κ2) is 12.3. The summed E-state index contributed by atoms with van der Waals surface area (Å²) in [6.07, 6.45) is 2.06. The lowest BCUT2D eigenvalue weighted by Gasteiger charge is -2.31. The molecule has 0 atom stereocenters. The first-order chi connectivity index (χ1) is 16.9. The highest BCUT2D eigenvalue weighted by Crippen LogP contribution is 2.23. The van der Waals surface area contributed by atoms with E-state index in [0.29, 0.717) is 39.3 Å². The molecule has 1 fully saturated rings. The van der Waals surface area contributed by atoms with Crippen molar-refractivity contribution in [1.82, 2.24) is 19.4 Å². The largest absolute Gasteiger partial charge is 0.379 e. The van der Waals surface area contributed by atoms with E-state index in [-0.39, 0.29) is 28.1 Å². The maximum atomic E-state index is 13.4. The summed E-state index contributed by atoms with van der Waals surface area (Å²) >= 11 is 0. The fourth-order valence-corrected chi connectivity index (χ4v) is 5.83. The fraction of sp³-hybridized carbons (Fsp3) is 0.630. The van der Waals surface area contributed by atoms with Crippen molar-refractivity contribution in [3.63, 3.8) is 0 Å². The van der Waals surface area contributed by atoms with Crippen molar-refractivity contribution in [2.75, 3.05) is 39.4 Å². The van der Waals surface area contributed by atoms with Gasteiger partial charge in [-0.05, 0) is 16.9 Å². The van der Waals surface area contributed by atoms with Crippen molar-refractivity contribution < 1.29 is 17.9 Å². The summed E-state index contributed by atoms with van der Waals surface area (Å²) in [6, 6.07) is 9.17. The third-order valence-corrected chi connectivity index (χ3v) is 7.70. The van der Waals surface area contributed by atoms with Gasteiger partial charge in [0.15, 0.2) is 0 Å². The number of benzene rings is 1. The van der Waals surface area contributed by atoms with Crippen LogP contribution in [-0.4, -0.2) is 73.1 Å². The summed E-state index contributed by atoms with van der Waals surface area (Å²) in [4.78, 5) is 21.9. The van der Waals surface area contributed by atoms with Crippen molar-refractivity contribution in [1.29, 1.82) is 0 Å². The van der Waals surface area contributed by atoms with Gasteiger partial charge in [-0.3, -0.25) is 9.69 Å². The first kappa shape index (κ1) is 28.3. The molecule has 1 aliphatic rings. The van der Waals surface area contributed by atoms with E-state index in [2.05, 4.69) is 44.5 Å². The van der Waals surface area contributed by atoms with Crippen LogP contribution in [-0.2, 0) is 38.2 Å². The quantitative estimate of drug-likeness (QED) is 0.452. The van der Waals surface area contributed by atoms with Gasteiger partial charge >= 0.3 is 0 Å². The Morgan fingerprint density at radius 1 is 1.14 bits per heavy atom. The smallest absolute Gasteiger partial charge is 0.228 e. The van der Waals surface area contributed by atoms with Crippen LogP contribution in [0.5, 0.6) is 0 Å². The second-order valence-corrected chi connectivity index (χ2v) is 13.2. The molecule has 3 rings (SSSR count). The van der Waals surface area contributed by atoms with E-state index in [4.69, 9.17) is 4.74 Å². The molecule has 1 aromatic heterocycles. The Morgan fingerprint density at radius 3 is 2.42 bits per heavy atom. The molecule has 0 spiro atoms. The molecule has 0 saturated carbocycles. The molecule has 1 aromatic carbocycles. The predicted molar refractivity (Wildman–Crippen MR) is 141 cm³/mol. The molecule has 2 heterocycles. The SMILES string of the molecule is CC(C)Cn1c(CN(CCN2CCOCC2)C(=O)CC(C)(C)C)cnc1S(=O)(=O)Cc1ccccc1. The maximum absolute atomic E-state index is 13.4. The van der Waals surface area contributed by atoms with Crippen LogP contribution >= 0.6 is 0 Å². The maximum Gasteiger partial charge on any atom is 0.228 e. The number of sulfone groups is 1. The highest BCUT2D eigenvalue weighted by molar-refractivity contribution is 7.90. The van der Waals surface area contributed by atoms with Gasteiger partial charge in [0.25, 0.3) is 0 Å². The lowest BCUT2D eigenvalue weighted by molar-refractivity contribution is -0.134. The van der Waals surface area contributed by atoms with Crippen LogP contribution in [0.2, 0.25) is 0 Å². The Kier molecular flexibility index (Phi) is 9.72. The van der Waals surface area contributed by atoms with Crippen LogP contribution in [0, 0.1) is 11.3 Å². The van der Waals surface area contributed by atoms with Gasteiger partial charge in [-0.15, -0.1) is 0 Å². The number of carbonyl (C=O) groups is 1. The third kappa shape index (κ3) is 8.42. The first-order valence-corrected chi connectivity index (χ1v) is 14.5. The number of nitrogens with zero attached hydrogens (tertiary/aromatic N) is 4. The minimum absolute atomic E-state index is 0.0711. The Labute approximate surface area is 216 Å². The monoisotopic (exact) mass is 518 g/mol. The Balaban J connectivity index is 1.87. The fourth-order valence-electron chi connectivity index (χ4n) is 4.32. The number of imidazole rings is 1. The molecular formula is C27H42N4O4S. The molecule has 0 unspecified atom stereocenters.